The average molecular weight is 302 g/mol. The molecular formula is C14H14N4O2S. The molecule has 1 N–H and O–H groups in total. The highest BCUT2D eigenvalue weighted by atomic mass is 32.2. The lowest BCUT2D eigenvalue weighted by Gasteiger charge is -2.12. The van der Waals surface area contributed by atoms with E-state index >= 15 is 0 Å². The molecule has 0 unspecified atom stereocenters. The number of para-hydroxylation sites is 2. The van der Waals surface area contributed by atoms with E-state index in [2.05, 4.69) is 15.3 Å². The second kappa shape index (κ2) is 5.69. The topological polar surface area (TPSA) is 75.2 Å². The third-order valence-electron chi connectivity index (χ3n) is 3.19. The van der Waals surface area contributed by atoms with Gasteiger partial charge in [0.15, 0.2) is 0 Å². The van der Waals surface area contributed by atoms with Crippen LogP contribution in [0, 0.1) is 6.92 Å². The van der Waals surface area contributed by atoms with E-state index in [9.17, 15) is 9.59 Å². The van der Waals surface area contributed by atoms with Gasteiger partial charge in [-0.15, -0.1) is 0 Å². The molecule has 3 rings (SSSR count). The third-order valence-corrected chi connectivity index (χ3v) is 4.24. The number of amides is 3. The number of carbonyl (C=O) groups excluding carboxylic acids is 2. The standard InChI is InChI=1S/C14H14N4O2S/c1-9-13(17-11-5-3-2-4-10(11)16-9)21-8-12(19)18-7-6-15-14(18)20/h2-5H,6-8H2,1H3,(H,15,20). The van der Waals surface area contributed by atoms with Gasteiger partial charge in [-0.3, -0.25) is 9.69 Å². The second-order valence-corrected chi connectivity index (χ2v) is 5.63. The molecule has 1 aromatic heterocycles. The Labute approximate surface area is 125 Å². The van der Waals surface area contributed by atoms with Gasteiger partial charge in [0.2, 0.25) is 5.91 Å². The molecule has 0 radical (unpaired) electrons. The zero-order valence-corrected chi connectivity index (χ0v) is 12.3. The van der Waals surface area contributed by atoms with Gasteiger partial charge in [0.05, 0.1) is 22.5 Å². The molecule has 6 nitrogen and oxygen atoms in total. The molecule has 21 heavy (non-hydrogen) atoms. The molecule has 1 aromatic carbocycles. The van der Waals surface area contributed by atoms with E-state index in [0.717, 1.165) is 21.8 Å². The van der Waals surface area contributed by atoms with Crippen molar-refractivity contribution in [1.29, 1.82) is 0 Å². The van der Waals surface area contributed by atoms with Gasteiger partial charge in [-0.05, 0) is 19.1 Å². The molecule has 0 saturated carbocycles. The van der Waals surface area contributed by atoms with Gasteiger partial charge in [-0.1, -0.05) is 23.9 Å². The lowest BCUT2D eigenvalue weighted by atomic mass is 10.3. The molecule has 0 aliphatic carbocycles. The van der Waals surface area contributed by atoms with Crippen molar-refractivity contribution >= 4 is 34.7 Å². The summed E-state index contributed by atoms with van der Waals surface area (Å²) < 4.78 is 0. The number of urea groups is 1. The van der Waals surface area contributed by atoms with Crippen LogP contribution < -0.4 is 5.32 Å². The maximum absolute atomic E-state index is 12.0. The quantitative estimate of drug-likeness (QED) is 0.871. The lowest BCUT2D eigenvalue weighted by Crippen LogP contribution is -2.35. The number of hydrogen-bond acceptors (Lipinski definition) is 5. The Kier molecular flexibility index (Phi) is 3.74. The van der Waals surface area contributed by atoms with Gasteiger partial charge >= 0.3 is 6.03 Å². The molecule has 2 aromatic rings. The summed E-state index contributed by atoms with van der Waals surface area (Å²) in [6, 6.07) is 7.30. The van der Waals surface area contributed by atoms with E-state index in [1.807, 2.05) is 31.2 Å². The number of benzene rings is 1. The van der Waals surface area contributed by atoms with E-state index in [-0.39, 0.29) is 17.7 Å². The monoisotopic (exact) mass is 302 g/mol. The fraction of sp³-hybridized carbons (Fsp3) is 0.286. The minimum Gasteiger partial charge on any atom is -0.336 e. The number of carbonyl (C=O) groups is 2. The van der Waals surface area contributed by atoms with Crippen molar-refractivity contribution in [1.82, 2.24) is 20.2 Å². The first-order valence-corrected chi connectivity index (χ1v) is 7.58. The Morgan fingerprint density at radius 1 is 1.33 bits per heavy atom. The number of thioether (sulfide) groups is 1. The zero-order valence-electron chi connectivity index (χ0n) is 11.5. The molecule has 2 heterocycles. The Morgan fingerprint density at radius 3 is 2.71 bits per heavy atom. The summed E-state index contributed by atoms with van der Waals surface area (Å²) in [4.78, 5) is 33.7. The highest BCUT2D eigenvalue weighted by molar-refractivity contribution is 7.99. The minimum absolute atomic E-state index is 0.182. The van der Waals surface area contributed by atoms with Gasteiger partial charge in [0.25, 0.3) is 0 Å². The predicted molar refractivity (Wildman–Crippen MR) is 80.1 cm³/mol. The molecule has 1 aliphatic rings. The first-order chi connectivity index (χ1) is 10.1. The highest BCUT2D eigenvalue weighted by Gasteiger charge is 2.26. The number of rotatable bonds is 3. The maximum atomic E-state index is 12.0. The molecule has 0 atom stereocenters. The molecule has 0 bridgehead atoms. The number of nitrogens with one attached hydrogen (secondary N) is 1. The van der Waals surface area contributed by atoms with Crippen LogP contribution in [0.15, 0.2) is 29.3 Å². The van der Waals surface area contributed by atoms with Crippen LogP contribution in [0.2, 0.25) is 0 Å². The Morgan fingerprint density at radius 2 is 2.05 bits per heavy atom. The van der Waals surface area contributed by atoms with Gasteiger partial charge in [0, 0.05) is 13.1 Å². The molecule has 108 valence electrons. The SMILES string of the molecule is Cc1nc2ccccc2nc1SCC(=O)N1CCNC1=O. The molecule has 3 amide bonds. The van der Waals surface area contributed by atoms with Crippen molar-refractivity contribution < 1.29 is 9.59 Å². The van der Waals surface area contributed by atoms with Crippen molar-refractivity contribution in [3.8, 4) is 0 Å². The van der Waals surface area contributed by atoms with Crippen molar-refractivity contribution in [2.24, 2.45) is 0 Å². The summed E-state index contributed by atoms with van der Waals surface area (Å²) in [5, 5.41) is 3.34. The molecule has 1 aliphatic heterocycles. The van der Waals surface area contributed by atoms with Crippen molar-refractivity contribution in [3.05, 3.63) is 30.0 Å². The van der Waals surface area contributed by atoms with E-state index < -0.39 is 0 Å². The summed E-state index contributed by atoms with van der Waals surface area (Å²) in [7, 11) is 0. The number of fused-ring (bicyclic) bond motifs is 1. The Bertz CT molecular complexity index is 719. The number of hydrogen-bond donors (Lipinski definition) is 1. The zero-order chi connectivity index (χ0) is 14.8. The minimum atomic E-state index is -0.318. The number of nitrogens with zero attached hydrogens (tertiary/aromatic N) is 3. The van der Waals surface area contributed by atoms with E-state index in [0.29, 0.717) is 13.1 Å². The summed E-state index contributed by atoms with van der Waals surface area (Å²) in [6.45, 7) is 2.82. The van der Waals surface area contributed by atoms with Crippen LogP contribution in [0.1, 0.15) is 5.69 Å². The van der Waals surface area contributed by atoms with Crippen LogP contribution in [0.3, 0.4) is 0 Å². The van der Waals surface area contributed by atoms with Crippen LogP contribution in [0.4, 0.5) is 4.79 Å². The van der Waals surface area contributed by atoms with Gasteiger partial charge < -0.3 is 5.32 Å². The molecule has 1 saturated heterocycles. The molecule has 7 heteroatoms. The largest absolute Gasteiger partial charge is 0.336 e. The van der Waals surface area contributed by atoms with E-state index in [1.165, 1.54) is 16.7 Å². The van der Waals surface area contributed by atoms with Crippen LogP contribution >= 0.6 is 11.8 Å². The first kappa shape index (κ1) is 13.8. The maximum Gasteiger partial charge on any atom is 0.324 e. The molecular weight excluding hydrogens is 288 g/mol. The van der Waals surface area contributed by atoms with Crippen molar-refractivity contribution in [2.75, 3.05) is 18.8 Å². The Balaban J connectivity index is 1.74. The fourth-order valence-electron chi connectivity index (χ4n) is 2.13. The lowest BCUT2D eigenvalue weighted by molar-refractivity contribution is -0.124. The summed E-state index contributed by atoms with van der Waals surface area (Å²) in [5.41, 5.74) is 2.43. The predicted octanol–water partition coefficient (Wildman–Crippen LogP) is 1.58. The van der Waals surface area contributed by atoms with Crippen molar-refractivity contribution in [2.45, 2.75) is 11.9 Å². The van der Waals surface area contributed by atoms with Gasteiger partial charge in [0.1, 0.15) is 5.03 Å². The smallest absolute Gasteiger partial charge is 0.324 e. The Hall–Kier alpha value is -2.15. The molecule has 1 fully saturated rings. The highest BCUT2D eigenvalue weighted by Crippen LogP contribution is 2.22. The summed E-state index contributed by atoms with van der Waals surface area (Å²) >= 11 is 1.31. The summed E-state index contributed by atoms with van der Waals surface area (Å²) in [6.07, 6.45) is 0. The van der Waals surface area contributed by atoms with Gasteiger partial charge in [-0.25, -0.2) is 14.8 Å². The van der Waals surface area contributed by atoms with Crippen LogP contribution in [0.25, 0.3) is 11.0 Å². The van der Waals surface area contributed by atoms with E-state index in [1.54, 1.807) is 0 Å². The normalized spacial score (nSPS) is 14.5. The van der Waals surface area contributed by atoms with Crippen molar-refractivity contribution in [3.63, 3.8) is 0 Å². The summed E-state index contributed by atoms with van der Waals surface area (Å²) in [5.74, 6) is -0.0225. The first-order valence-electron chi connectivity index (χ1n) is 6.59. The van der Waals surface area contributed by atoms with E-state index in [4.69, 9.17) is 0 Å². The number of aromatic nitrogens is 2. The second-order valence-electron chi connectivity index (χ2n) is 4.67. The number of imide groups is 1. The average Bonchev–Trinajstić information content (AvgIpc) is 2.91. The van der Waals surface area contributed by atoms with Crippen LogP contribution in [-0.2, 0) is 4.79 Å². The van der Waals surface area contributed by atoms with Gasteiger partial charge in [-0.2, -0.15) is 0 Å². The van der Waals surface area contributed by atoms with Crippen LogP contribution in [-0.4, -0.2) is 45.6 Å². The van der Waals surface area contributed by atoms with Crippen LogP contribution in [0.5, 0.6) is 0 Å². The number of aryl methyl sites for hydroxylation is 1. The molecule has 0 spiro atoms. The fourth-order valence-corrected chi connectivity index (χ4v) is 2.96. The third kappa shape index (κ3) is 2.82.